The van der Waals surface area contributed by atoms with E-state index in [0.717, 1.165) is 15.8 Å². The minimum absolute atomic E-state index is 0.0268. The van der Waals surface area contributed by atoms with E-state index in [9.17, 15) is 9.50 Å². The smallest absolute Gasteiger partial charge is 0.123 e. The number of rotatable bonds is 4. The van der Waals surface area contributed by atoms with Crippen LogP contribution in [0.2, 0.25) is 0 Å². The molecule has 1 unspecified atom stereocenters. The third kappa shape index (κ3) is 3.37. The normalized spacial score (nSPS) is 12.6. The zero-order valence-electron chi connectivity index (χ0n) is 9.07. The molecule has 4 heteroatoms. The first-order valence-corrected chi connectivity index (χ1v) is 6.90. The Hall–Kier alpha value is -0.710. The molecule has 0 aliphatic heterocycles. The highest BCUT2D eigenvalue weighted by Crippen LogP contribution is 2.28. The first kappa shape index (κ1) is 12.7. The Bertz CT molecular complexity index is 498. The van der Waals surface area contributed by atoms with Crippen molar-refractivity contribution in [3.8, 4) is 0 Å². The quantitative estimate of drug-likeness (QED) is 0.905. The van der Waals surface area contributed by atoms with Gasteiger partial charge in [-0.15, -0.1) is 11.3 Å². The van der Waals surface area contributed by atoms with Gasteiger partial charge >= 0.3 is 0 Å². The molecule has 1 heterocycles. The van der Waals surface area contributed by atoms with Gasteiger partial charge in [0.15, 0.2) is 0 Å². The lowest BCUT2D eigenvalue weighted by molar-refractivity contribution is 0.264. The SMILES string of the molecule is OCC(Cc1ccc(Br)s1)c1cccc(F)c1. The van der Waals surface area contributed by atoms with Crippen LogP contribution < -0.4 is 0 Å². The van der Waals surface area contributed by atoms with Crippen LogP contribution in [0, 0.1) is 5.82 Å². The summed E-state index contributed by atoms with van der Waals surface area (Å²) in [7, 11) is 0. The lowest BCUT2D eigenvalue weighted by Crippen LogP contribution is -2.07. The van der Waals surface area contributed by atoms with E-state index in [1.165, 1.54) is 17.0 Å². The minimum Gasteiger partial charge on any atom is -0.396 e. The molecule has 0 fully saturated rings. The van der Waals surface area contributed by atoms with Crippen molar-refractivity contribution in [1.29, 1.82) is 0 Å². The van der Waals surface area contributed by atoms with Gasteiger partial charge in [-0.2, -0.15) is 0 Å². The van der Waals surface area contributed by atoms with Crippen LogP contribution in [0.25, 0.3) is 0 Å². The average Bonchev–Trinajstić information content (AvgIpc) is 2.72. The fourth-order valence-electron chi connectivity index (χ4n) is 1.75. The molecular weight excluding hydrogens is 303 g/mol. The fourth-order valence-corrected chi connectivity index (χ4v) is 3.32. The molecule has 1 aromatic heterocycles. The number of aliphatic hydroxyl groups is 1. The predicted molar refractivity (Wildman–Crippen MR) is 71.9 cm³/mol. The molecule has 2 aromatic rings. The maximum absolute atomic E-state index is 13.1. The first-order valence-electron chi connectivity index (χ1n) is 5.29. The summed E-state index contributed by atoms with van der Waals surface area (Å²) < 4.78 is 14.2. The third-order valence-corrected chi connectivity index (χ3v) is 4.26. The van der Waals surface area contributed by atoms with Gasteiger partial charge in [0.2, 0.25) is 0 Å². The zero-order chi connectivity index (χ0) is 12.3. The number of aliphatic hydroxyl groups excluding tert-OH is 1. The van der Waals surface area contributed by atoms with Gasteiger partial charge in [0.25, 0.3) is 0 Å². The number of hydrogen-bond donors (Lipinski definition) is 1. The lowest BCUT2D eigenvalue weighted by atomic mass is 9.96. The Labute approximate surface area is 112 Å². The van der Waals surface area contributed by atoms with E-state index in [2.05, 4.69) is 15.9 Å². The molecule has 2 rings (SSSR count). The summed E-state index contributed by atoms with van der Waals surface area (Å²) in [5, 5.41) is 9.41. The number of thiophene rings is 1. The van der Waals surface area contributed by atoms with Crippen molar-refractivity contribution in [1.82, 2.24) is 0 Å². The molecule has 0 aliphatic carbocycles. The highest BCUT2D eigenvalue weighted by atomic mass is 79.9. The molecular formula is C13H12BrFOS. The fraction of sp³-hybridized carbons (Fsp3) is 0.231. The van der Waals surface area contributed by atoms with Gasteiger partial charge in [-0.25, -0.2) is 4.39 Å². The second-order valence-electron chi connectivity index (χ2n) is 3.84. The number of benzene rings is 1. The second kappa shape index (κ2) is 5.76. The van der Waals surface area contributed by atoms with Crippen molar-refractivity contribution >= 4 is 27.3 Å². The van der Waals surface area contributed by atoms with Gasteiger partial charge in [0.05, 0.1) is 10.4 Å². The van der Waals surface area contributed by atoms with Crippen molar-refractivity contribution in [3.63, 3.8) is 0 Å². The lowest BCUT2D eigenvalue weighted by Gasteiger charge is -2.13. The molecule has 1 nitrogen and oxygen atoms in total. The summed E-state index contributed by atoms with van der Waals surface area (Å²) in [5.41, 5.74) is 0.844. The standard InChI is InChI=1S/C13H12BrFOS/c14-13-5-4-12(17-13)7-10(8-16)9-2-1-3-11(15)6-9/h1-6,10,16H,7-8H2. The van der Waals surface area contributed by atoms with E-state index < -0.39 is 0 Å². The Balaban J connectivity index is 2.16. The van der Waals surface area contributed by atoms with Crippen molar-refractivity contribution in [2.45, 2.75) is 12.3 Å². The van der Waals surface area contributed by atoms with Crippen LogP contribution in [-0.2, 0) is 6.42 Å². The largest absolute Gasteiger partial charge is 0.396 e. The van der Waals surface area contributed by atoms with E-state index in [4.69, 9.17) is 0 Å². The summed E-state index contributed by atoms with van der Waals surface area (Å²) in [6.45, 7) is 0.0268. The van der Waals surface area contributed by atoms with Crippen molar-refractivity contribution in [2.75, 3.05) is 6.61 Å². The van der Waals surface area contributed by atoms with Crippen molar-refractivity contribution < 1.29 is 9.50 Å². The molecule has 1 aromatic carbocycles. The Kier molecular flexibility index (Phi) is 4.31. The maximum Gasteiger partial charge on any atom is 0.123 e. The van der Waals surface area contributed by atoms with E-state index in [1.807, 2.05) is 18.2 Å². The molecule has 17 heavy (non-hydrogen) atoms. The molecule has 0 bridgehead atoms. The summed E-state index contributed by atoms with van der Waals surface area (Å²) in [5.74, 6) is -0.301. The number of hydrogen-bond acceptors (Lipinski definition) is 2. The maximum atomic E-state index is 13.1. The van der Waals surface area contributed by atoms with Crippen LogP contribution >= 0.6 is 27.3 Å². The van der Waals surface area contributed by atoms with E-state index in [-0.39, 0.29) is 18.3 Å². The van der Waals surface area contributed by atoms with Gasteiger partial charge in [0, 0.05) is 10.8 Å². The molecule has 0 saturated heterocycles. The molecule has 0 spiro atoms. The zero-order valence-corrected chi connectivity index (χ0v) is 11.5. The molecule has 90 valence electrons. The van der Waals surface area contributed by atoms with Crippen molar-refractivity contribution in [3.05, 3.63) is 56.4 Å². The Morgan fingerprint density at radius 3 is 2.71 bits per heavy atom. The molecule has 1 N–H and O–H groups in total. The van der Waals surface area contributed by atoms with Crippen LogP contribution in [0.4, 0.5) is 4.39 Å². The summed E-state index contributed by atoms with van der Waals surface area (Å²) in [6, 6.07) is 10.4. The van der Waals surface area contributed by atoms with Crippen LogP contribution in [0.3, 0.4) is 0 Å². The molecule has 0 radical (unpaired) electrons. The molecule has 0 amide bonds. The van der Waals surface area contributed by atoms with E-state index in [1.54, 1.807) is 17.4 Å². The van der Waals surface area contributed by atoms with Gasteiger partial charge in [-0.05, 0) is 52.2 Å². The van der Waals surface area contributed by atoms with Crippen LogP contribution in [0.5, 0.6) is 0 Å². The third-order valence-electron chi connectivity index (χ3n) is 2.62. The van der Waals surface area contributed by atoms with E-state index in [0.29, 0.717) is 0 Å². The topological polar surface area (TPSA) is 20.2 Å². The van der Waals surface area contributed by atoms with Crippen LogP contribution in [0.1, 0.15) is 16.4 Å². The molecule has 0 aliphatic rings. The highest BCUT2D eigenvalue weighted by molar-refractivity contribution is 9.11. The number of halogens is 2. The second-order valence-corrected chi connectivity index (χ2v) is 6.39. The predicted octanol–water partition coefficient (Wildman–Crippen LogP) is 3.97. The monoisotopic (exact) mass is 314 g/mol. The Morgan fingerprint density at radius 1 is 1.29 bits per heavy atom. The van der Waals surface area contributed by atoms with Gasteiger partial charge in [-0.3, -0.25) is 0 Å². The summed E-state index contributed by atoms with van der Waals surface area (Å²) in [4.78, 5) is 1.18. The average molecular weight is 315 g/mol. The highest BCUT2D eigenvalue weighted by Gasteiger charge is 2.13. The van der Waals surface area contributed by atoms with Gasteiger partial charge < -0.3 is 5.11 Å². The van der Waals surface area contributed by atoms with Gasteiger partial charge in [-0.1, -0.05) is 12.1 Å². The van der Waals surface area contributed by atoms with E-state index >= 15 is 0 Å². The summed E-state index contributed by atoms with van der Waals surface area (Å²) >= 11 is 5.05. The molecule has 0 saturated carbocycles. The molecule has 1 atom stereocenters. The van der Waals surface area contributed by atoms with Gasteiger partial charge in [0.1, 0.15) is 5.82 Å². The Morgan fingerprint density at radius 2 is 2.12 bits per heavy atom. The van der Waals surface area contributed by atoms with Crippen LogP contribution in [-0.4, -0.2) is 11.7 Å². The van der Waals surface area contributed by atoms with Crippen molar-refractivity contribution in [2.24, 2.45) is 0 Å². The first-order chi connectivity index (χ1) is 8.19. The van der Waals surface area contributed by atoms with Crippen LogP contribution in [0.15, 0.2) is 40.2 Å². The summed E-state index contributed by atoms with van der Waals surface area (Å²) in [6.07, 6.45) is 0.732. The minimum atomic E-state index is -0.256.